The Bertz CT molecular complexity index is 344. The molecule has 0 rings (SSSR count). The molecule has 20 heavy (non-hydrogen) atoms. The highest BCUT2D eigenvalue weighted by atomic mass is 16.5. The van der Waals surface area contributed by atoms with E-state index < -0.39 is 11.9 Å². The lowest BCUT2D eigenvalue weighted by atomic mass is 9.96. The lowest BCUT2D eigenvalue weighted by Crippen LogP contribution is -2.42. The van der Waals surface area contributed by atoms with Gasteiger partial charge in [-0.3, -0.25) is 9.59 Å². The van der Waals surface area contributed by atoms with E-state index in [1.165, 1.54) is 12.0 Å². The molecule has 0 aromatic heterocycles. The van der Waals surface area contributed by atoms with E-state index in [2.05, 4.69) is 10.1 Å². The lowest BCUT2D eigenvalue weighted by molar-refractivity contribution is -0.143. The third-order valence-electron chi connectivity index (χ3n) is 3.04. The normalized spacial score (nSPS) is 11.8. The van der Waals surface area contributed by atoms with E-state index in [1.807, 2.05) is 0 Å². The molecule has 2 amide bonds. The lowest BCUT2D eigenvalue weighted by Gasteiger charge is -2.21. The van der Waals surface area contributed by atoms with Crippen LogP contribution in [0, 0.1) is 11.8 Å². The van der Waals surface area contributed by atoms with Crippen LogP contribution in [0.2, 0.25) is 0 Å². The van der Waals surface area contributed by atoms with Crippen LogP contribution < -0.4 is 5.32 Å². The number of carboxylic acids is 1. The Balaban J connectivity index is 4.07. The van der Waals surface area contributed by atoms with Gasteiger partial charge in [0, 0.05) is 26.6 Å². The molecule has 0 aliphatic carbocycles. The number of nitrogens with one attached hydrogen (secondary N) is 1. The molecule has 1 unspecified atom stereocenters. The van der Waals surface area contributed by atoms with Gasteiger partial charge < -0.3 is 20.1 Å². The number of amides is 2. The first-order valence-electron chi connectivity index (χ1n) is 6.58. The highest BCUT2D eigenvalue weighted by molar-refractivity contribution is 5.76. The van der Waals surface area contributed by atoms with Gasteiger partial charge in [-0.1, -0.05) is 13.8 Å². The first-order valence-corrected chi connectivity index (χ1v) is 6.58. The van der Waals surface area contributed by atoms with E-state index in [-0.39, 0.29) is 30.9 Å². The Labute approximate surface area is 119 Å². The summed E-state index contributed by atoms with van der Waals surface area (Å²) in [5, 5.41) is 11.6. The maximum Gasteiger partial charge on any atom is 0.317 e. The van der Waals surface area contributed by atoms with Crippen molar-refractivity contribution in [1.29, 1.82) is 0 Å². The molecular formula is C13H24N2O5. The molecule has 2 N–H and O–H groups in total. The van der Waals surface area contributed by atoms with Crippen molar-refractivity contribution in [3.63, 3.8) is 0 Å². The number of nitrogens with zero attached hydrogens (tertiary/aromatic N) is 1. The fourth-order valence-corrected chi connectivity index (χ4v) is 1.60. The van der Waals surface area contributed by atoms with Gasteiger partial charge in [0.25, 0.3) is 0 Å². The molecule has 0 spiro atoms. The van der Waals surface area contributed by atoms with Crippen molar-refractivity contribution < 1.29 is 24.2 Å². The van der Waals surface area contributed by atoms with Crippen molar-refractivity contribution in [3.8, 4) is 0 Å². The predicted molar refractivity (Wildman–Crippen MR) is 73.2 cm³/mol. The SMILES string of the molecule is COC(=O)CCCN(C)C(=O)NCC(C(=O)O)C(C)C. The number of urea groups is 1. The number of carbonyl (C=O) groups is 3. The summed E-state index contributed by atoms with van der Waals surface area (Å²) in [4.78, 5) is 35.1. The second-order valence-electron chi connectivity index (χ2n) is 4.98. The molecule has 116 valence electrons. The number of carbonyl (C=O) groups excluding carboxylic acids is 2. The minimum absolute atomic E-state index is 0.0579. The average Bonchev–Trinajstić information content (AvgIpc) is 2.37. The third-order valence-corrected chi connectivity index (χ3v) is 3.04. The Morgan fingerprint density at radius 3 is 2.35 bits per heavy atom. The standard InChI is InChI=1S/C13H24N2O5/c1-9(2)10(12(17)18)8-14-13(19)15(3)7-5-6-11(16)20-4/h9-10H,5-8H2,1-4H3,(H,14,19)(H,17,18). The summed E-state index contributed by atoms with van der Waals surface area (Å²) in [7, 11) is 2.91. The van der Waals surface area contributed by atoms with Gasteiger partial charge in [0.1, 0.15) is 0 Å². The molecule has 0 aromatic rings. The van der Waals surface area contributed by atoms with Gasteiger partial charge in [-0.15, -0.1) is 0 Å². The summed E-state index contributed by atoms with van der Waals surface area (Å²) < 4.78 is 4.50. The average molecular weight is 288 g/mol. The Kier molecular flexibility index (Phi) is 8.35. The minimum atomic E-state index is -0.923. The maximum atomic E-state index is 11.7. The van der Waals surface area contributed by atoms with Crippen LogP contribution in [0.4, 0.5) is 4.79 Å². The van der Waals surface area contributed by atoms with E-state index in [9.17, 15) is 14.4 Å². The summed E-state index contributed by atoms with van der Waals surface area (Å²) in [5.74, 6) is -1.90. The van der Waals surface area contributed by atoms with Gasteiger partial charge in [-0.25, -0.2) is 4.79 Å². The molecule has 0 aliphatic heterocycles. The number of aliphatic carboxylic acids is 1. The van der Waals surface area contributed by atoms with E-state index >= 15 is 0 Å². The molecule has 0 saturated heterocycles. The number of hydrogen-bond donors (Lipinski definition) is 2. The van der Waals surface area contributed by atoms with Crippen LogP contribution in [0.1, 0.15) is 26.7 Å². The minimum Gasteiger partial charge on any atom is -0.481 e. The van der Waals surface area contributed by atoms with Crippen LogP contribution >= 0.6 is 0 Å². The molecule has 0 radical (unpaired) electrons. The fraction of sp³-hybridized carbons (Fsp3) is 0.769. The Morgan fingerprint density at radius 2 is 1.90 bits per heavy atom. The summed E-state index contributed by atoms with van der Waals surface area (Å²) in [5.41, 5.74) is 0. The Morgan fingerprint density at radius 1 is 1.30 bits per heavy atom. The van der Waals surface area contributed by atoms with Gasteiger partial charge in [-0.2, -0.15) is 0 Å². The largest absolute Gasteiger partial charge is 0.481 e. The predicted octanol–water partition coefficient (Wildman–Crippen LogP) is 0.938. The summed E-state index contributed by atoms with van der Waals surface area (Å²) in [6.07, 6.45) is 0.751. The summed E-state index contributed by atoms with van der Waals surface area (Å²) in [6, 6.07) is -0.346. The third kappa shape index (κ3) is 6.96. The summed E-state index contributed by atoms with van der Waals surface area (Å²) in [6.45, 7) is 4.09. The van der Waals surface area contributed by atoms with Gasteiger partial charge in [-0.05, 0) is 12.3 Å². The molecule has 0 aromatic carbocycles. The van der Waals surface area contributed by atoms with Crippen LogP contribution in [0.3, 0.4) is 0 Å². The molecule has 1 atom stereocenters. The molecule has 0 aliphatic rings. The second-order valence-corrected chi connectivity index (χ2v) is 4.98. The van der Waals surface area contributed by atoms with E-state index in [1.54, 1.807) is 20.9 Å². The number of esters is 1. The van der Waals surface area contributed by atoms with Crippen molar-refractivity contribution in [2.24, 2.45) is 11.8 Å². The van der Waals surface area contributed by atoms with Crippen LogP contribution in [0.15, 0.2) is 0 Å². The van der Waals surface area contributed by atoms with Crippen molar-refractivity contribution in [3.05, 3.63) is 0 Å². The van der Waals surface area contributed by atoms with Crippen molar-refractivity contribution in [2.75, 3.05) is 27.2 Å². The maximum absolute atomic E-state index is 11.7. The van der Waals surface area contributed by atoms with Crippen LogP contribution in [0.25, 0.3) is 0 Å². The molecule has 0 heterocycles. The van der Waals surface area contributed by atoms with Gasteiger partial charge in [0.05, 0.1) is 13.0 Å². The smallest absolute Gasteiger partial charge is 0.317 e. The highest BCUT2D eigenvalue weighted by Gasteiger charge is 2.22. The number of ether oxygens (including phenoxy) is 1. The zero-order chi connectivity index (χ0) is 15.7. The molecule has 0 fully saturated rings. The topological polar surface area (TPSA) is 95.9 Å². The van der Waals surface area contributed by atoms with Gasteiger partial charge >= 0.3 is 18.0 Å². The number of methoxy groups -OCH3 is 1. The zero-order valence-corrected chi connectivity index (χ0v) is 12.5. The highest BCUT2D eigenvalue weighted by Crippen LogP contribution is 2.09. The second kappa shape index (κ2) is 9.17. The first kappa shape index (κ1) is 18.2. The quantitative estimate of drug-likeness (QED) is 0.648. The monoisotopic (exact) mass is 288 g/mol. The van der Waals surface area contributed by atoms with Crippen molar-refractivity contribution in [2.45, 2.75) is 26.7 Å². The van der Waals surface area contributed by atoms with Gasteiger partial charge in [0.15, 0.2) is 0 Å². The van der Waals surface area contributed by atoms with Crippen LogP contribution in [-0.4, -0.2) is 55.2 Å². The van der Waals surface area contributed by atoms with Crippen LogP contribution in [0.5, 0.6) is 0 Å². The van der Waals surface area contributed by atoms with E-state index in [0.717, 1.165) is 0 Å². The molecule has 7 heteroatoms. The molecule has 7 nitrogen and oxygen atoms in total. The van der Waals surface area contributed by atoms with Gasteiger partial charge in [0.2, 0.25) is 0 Å². The van der Waals surface area contributed by atoms with E-state index in [0.29, 0.717) is 13.0 Å². The Hall–Kier alpha value is -1.79. The van der Waals surface area contributed by atoms with Crippen molar-refractivity contribution in [1.82, 2.24) is 10.2 Å². The number of hydrogen-bond acceptors (Lipinski definition) is 4. The van der Waals surface area contributed by atoms with E-state index in [4.69, 9.17) is 5.11 Å². The first-order chi connectivity index (χ1) is 9.29. The molecular weight excluding hydrogens is 264 g/mol. The molecule has 0 saturated carbocycles. The molecule has 0 bridgehead atoms. The summed E-state index contributed by atoms with van der Waals surface area (Å²) >= 11 is 0. The zero-order valence-electron chi connectivity index (χ0n) is 12.5. The number of rotatable bonds is 8. The van der Waals surface area contributed by atoms with Crippen LogP contribution in [-0.2, 0) is 14.3 Å². The fourth-order valence-electron chi connectivity index (χ4n) is 1.60. The number of carboxylic acid groups (broad SMARTS) is 1. The van der Waals surface area contributed by atoms with Crippen molar-refractivity contribution >= 4 is 18.0 Å².